The van der Waals surface area contributed by atoms with Crippen molar-refractivity contribution >= 4 is 32.3 Å². The maximum atomic E-state index is 4.58. The molecule has 0 spiro atoms. The van der Waals surface area contributed by atoms with E-state index in [2.05, 4.69) is 140 Å². The Morgan fingerprint density at radius 2 is 1.00 bits per heavy atom. The predicted molar refractivity (Wildman–Crippen MR) is 167 cm³/mol. The fourth-order valence-electron chi connectivity index (χ4n) is 5.88. The van der Waals surface area contributed by atoms with Crippen molar-refractivity contribution in [1.82, 2.24) is 4.98 Å². The summed E-state index contributed by atoms with van der Waals surface area (Å²) < 4.78 is 0. The van der Waals surface area contributed by atoms with Crippen molar-refractivity contribution in [3.8, 4) is 33.4 Å². The molecule has 7 rings (SSSR count). The fraction of sp³-hybridized carbons (Fsp3) is 0.0789. The molecule has 0 radical (unpaired) electrons. The van der Waals surface area contributed by atoms with Crippen molar-refractivity contribution in [3.05, 3.63) is 139 Å². The zero-order valence-electron chi connectivity index (χ0n) is 22.2. The maximum Gasteiger partial charge on any atom is 0.0353 e. The molecule has 0 saturated heterocycles. The van der Waals surface area contributed by atoms with Gasteiger partial charge in [0.2, 0.25) is 0 Å². The van der Waals surface area contributed by atoms with Gasteiger partial charge in [0.25, 0.3) is 0 Å². The molecule has 0 aliphatic heterocycles. The molecular weight excluding hydrogens is 470 g/mol. The van der Waals surface area contributed by atoms with Crippen LogP contribution < -0.4 is 0 Å². The van der Waals surface area contributed by atoms with E-state index in [4.69, 9.17) is 0 Å². The van der Waals surface area contributed by atoms with Crippen LogP contribution in [0.2, 0.25) is 0 Å². The average molecular weight is 500 g/mol. The van der Waals surface area contributed by atoms with Crippen molar-refractivity contribution in [2.75, 3.05) is 0 Å². The molecule has 0 aliphatic rings. The molecule has 39 heavy (non-hydrogen) atoms. The minimum absolute atomic E-state index is 0.536. The van der Waals surface area contributed by atoms with Gasteiger partial charge in [-0.25, -0.2) is 0 Å². The molecule has 0 unspecified atom stereocenters. The van der Waals surface area contributed by atoms with Gasteiger partial charge in [-0.3, -0.25) is 4.98 Å². The van der Waals surface area contributed by atoms with Crippen LogP contribution in [-0.2, 0) is 0 Å². The summed E-state index contributed by atoms with van der Waals surface area (Å²) >= 11 is 0. The first-order chi connectivity index (χ1) is 19.2. The van der Waals surface area contributed by atoms with E-state index in [0.717, 1.165) is 0 Å². The number of nitrogens with zero attached hydrogens (tertiary/aromatic N) is 1. The van der Waals surface area contributed by atoms with Crippen molar-refractivity contribution in [3.63, 3.8) is 0 Å². The summed E-state index contributed by atoms with van der Waals surface area (Å²) in [6.07, 6.45) is 3.94. The van der Waals surface area contributed by atoms with Crippen LogP contribution in [-0.4, -0.2) is 4.98 Å². The minimum Gasteiger partial charge on any atom is -0.264 e. The zero-order chi connectivity index (χ0) is 26.3. The van der Waals surface area contributed by atoms with Gasteiger partial charge in [-0.05, 0) is 83.9 Å². The highest BCUT2D eigenvalue weighted by Crippen LogP contribution is 2.44. The van der Waals surface area contributed by atoms with Crippen LogP contribution in [0.3, 0.4) is 0 Å². The molecule has 1 heteroatoms. The summed E-state index contributed by atoms with van der Waals surface area (Å²) in [7, 11) is 0. The third kappa shape index (κ3) is 4.08. The maximum absolute atomic E-state index is 4.58. The second-order valence-corrected chi connectivity index (χ2v) is 10.6. The van der Waals surface area contributed by atoms with Gasteiger partial charge in [-0.2, -0.15) is 0 Å². The Hall–Kier alpha value is -4.75. The van der Waals surface area contributed by atoms with Gasteiger partial charge in [0, 0.05) is 17.8 Å². The highest BCUT2D eigenvalue weighted by atomic mass is 14.6. The van der Waals surface area contributed by atoms with Crippen molar-refractivity contribution in [1.29, 1.82) is 0 Å². The zero-order valence-corrected chi connectivity index (χ0v) is 22.2. The molecule has 0 amide bonds. The number of rotatable bonds is 4. The van der Waals surface area contributed by atoms with Crippen LogP contribution in [0, 0.1) is 0 Å². The Kier molecular flexibility index (Phi) is 5.71. The molecule has 0 bridgehead atoms. The second kappa shape index (κ2) is 9.53. The Morgan fingerprint density at radius 3 is 1.69 bits per heavy atom. The topological polar surface area (TPSA) is 12.9 Å². The smallest absolute Gasteiger partial charge is 0.0353 e. The Morgan fingerprint density at radius 1 is 0.462 bits per heavy atom. The first-order valence-electron chi connectivity index (χ1n) is 13.7. The molecule has 0 saturated carbocycles. The third-order valence-corrected chi connectivity index (χ3v) is 7.95. The number of hydrogen-bond donors (Lipinski definition) is 0. The van der Waals surface area contributed by atoms with E-state index in [1.165, 1.54) is 71.3 Å². The molecule has 0 fully saturated rings. The highest BCUT2D eigenvalue weighted by molar-refractivity contribution is 6.21. The molecule has 1 aromatic heterocycles. The first kappa shape index (κ1) is 23.4. The fourth-order valence-corrected chi connectivity index (χ4v) is 5.88. The van der Waals surface area contributed by atoms with Crippen molar-refractivity contribution in [2.45, 2.75) is 19.8 Å². The largest absolute Gasteiger partial charge is 0.264 e. The van der Waals surface area contributed by atoms with Gasteiger partial charge in [-0.15, -0.1) is 0 Å². The van der Waals surface area contributed by atoms with Gasteiger partial charge in [0.15, 0.2) is 0 Å². The molecule has 1 heterocycles. The van der Waals surface area contributed by atoms with E-state index in [9.17, 15) is 0 Å². The van der Waals surface area contributed by atoms with Crippen LogP contribution in [0.25, 0.3) is 65.7 Å². The Balaban J connectivity index is 1.42. The van der Waals surface area contributed by atoms with Gasteiger partial charge < -0.3 is 0 Å². The lowest BCUT2D eigenvalue weighted by Gasteiger charge is -2.18. The van der Waals surface area contributed by atoms with Crippen LogP contribution in [0.5, 0.6) is 0 Å². The monoisotopic (exact) mass is 499 g/mol. The highest BCUT2D eigenvalue weighted by Gasteiger charge is 2.17. The lowest BCUT2D eigenvalue weighted by molar-refractivity contribution is 0.867. The van der Waals surface area contributed by atoms with E-state index < -0.39 is 0 Å². The normalized spacial score (nSPS) is 11.6. The van der Waals surface area contributed by atoms with E-state index in [-0.39, 0.29) is 0 Å². The third-order valence-electron chi connectivity index (χ3n) is 7.95. The minimum atomic E-state index is 0.536. The van der Waals surface area contributed by atoms with E-state index in [0.29, 0.717) is 5.92 Å². The summed E-state index contributed by atoms with van der Waals surface area (Å²) in [5, 5.41) is 7.41. The van der Waals surface area contributed by atoms with E-state index in [1.54, 1.807) is 0 Å². The Labute approximate surface area is 229 Å². The second-order valence-electron chi connectivity index (χ2n) is 10.6. The molecule has 1 nitrogen and oxygen atoms in total. The van der Waals surface area contributed by atoms with Crippen LogP contribution in [0.1, 0.15) is 25.3 Å². The lowest BCUT2D eigenvalue weighted by atomic mass is 9.86. The van der Waals surface area contributed by atoms with Gasteiger partial charge in [0.05, 0.1) is 0 Å². The van der Waals surface area contributed by atoms with Crippen molar-refractivity contribution in [2.24, 2.45) is 0 Å². The predicted octanol–water partition coefficient (Wildman–Crippen LogP) is 10.7. The van der Waals surface area contributed by atoms with Gasteiger partial charge in [-0.1, -0.05) is 123 Å². The summed E-state index contributed by atoms with van der Waals surface area (Å²) in [4.78, 5) is 4.58. The molecular formula is C38H29N. The molecule has 0 aliphatic carbocycles. The van der Waals surface area contributed by atoms with E-state index >= 15 is 0 Å². The number of hydrogen-bond acceptors (Lipinski definition) is 1. The summed E-state index contributed by atoms with van der Waals surface area (Å²) in [5.74, 6) is 0.536. The standard InChI is InChI=1S/C38H29N/c1-25(2)26-11-13-28(14-12-26)29-15-18-30(19-16-29)37-33-9-5-6-10-34(33)38(35-21-22-39-24-36(35)37)32-20-17-27-7-3-4-8-31(27)23-32/h3-25H,1-2H3. The number of aromatic nitrogens is 1. The quantitative estimate of drug-likeness (QED) is 0.219. The molecule has 0 atom stereocenters. The Bertz CT molecular complexity index is 1910. The number of benzene rings is 6. The molecule has 0 N–H and O–H groups in total. The van der Waals surface area contributed by atoms with Crippen LogP contribution >= 0.6 is 0 Å². The van der Waals surface area contributed by atoms with Crippen LogP contribution in [0.15, 0.2) is 134 Å². The first-order valence-corrected chi connectivity index (χ1v) is 13.7. The summed E-state index contributed by atoms with van der Waals surface area (Å²) in [6, 6.07) is 44.3. The molecule has 7 aromatic rings. The van der Waals surface area contributed by atoms with Gasteiger partial charge >= 0.3 is 0 Å². The van der Waals surface area contributed by atoms with Crippen LogP contribution in [0.4, 0.5) is 0 Å². The lowest BCUT2D eigenvalue weighted by Crippen LogP contribution is -1.92. The molecule has 186 valence electrons. The average Bonchev–Trinajstić information content (AvgIpc) is 3.00. The summed E-state index contributed by atoms with van der Waals surface area (Å²) in [6.45, 7) is 4.47. The number of pyridine rings is 1. The number of fused-ring (bicyclic) bond motifs is 3. The molecule has 6 aromatic carbocycles. The SMILES string of the molecule is CC(C)c1ccc(-c2ccc(-c3c4ccccc4c(-c4ccc5ccccc5c4)c4ccncc34)cc2)cc1. The van der Waals surface area contributed by atoms with Gasteiger partial charge in [0.1, 0.15) is 0 Å². The summed E-state index contributed by atoms with van der Waals surface area (Å²) in [5.41, 5.74) is 8.78. The van der Waals surface area contributed by atoms with E-state index in [1.807, 2.05) is 12.4 Å². The van der Waals surface area contributed by atoms with Crippen molar-refractivity contribution < 1.29 is 0 Å².